The summed E-state index contributed by atoms with van der Waals surface area (Å²) in [4.78, 5) is 11.1. The molecule has 2 heteroatoms. The third-order valence-corrected chi connectivity index (χ3v) is 3.03. The van der Waals surface area contributed by atoms with E-state index in [-0.39, 0.29) is 11.9 Å². The number of carbonyl (C=O) groups is 1. The number of ether oxygens (including phenoxy) is 1. The maximum atomic E-state index is 11.1. The molecule has 82 valence electrons. The molecule has 1 aliphatic carbocycles. The Kier molecular flexibility index (Phi) is 3.96. The molecule has 2 nitrogen and oxygen atoms in total. The van der Waals surface area contributed by atoms with Gasteiger partial charge >= 0.3 is 5.97 Å². The maximum Gasteiger partial charge on any atom is 0.304 e. The zero-order valence-electron chi connectivity index (χ0n) is 9.29. The van der Waals surface area contributed by atoms with Crippen LogP contribution >= 0.6 is 0 Å². The Hall–Kier alpha value is -1.23. The molecule has 0 N–H and O–H groups in total. The fourth-order valence-electron chi connectivity index (χ4n) is 2.34. The van der Waals surface area contributed by atoms with Crippen LogP contribution in [0, 0.1) is 18.3 Å². The first kappa shape index (κ1) is 11.8. The van der Waals surface area contributed by atoms with Gasteiger partial charge in [0.15, 0.2) is 5.60 Å². The van der Waals surface area contributed by atoms with Gasteiger partial charge in [0, 0.05) is 12.8 Å². The van der Waals surface area contributed by atoms with Gasteiger partial charge in [-0.1, -0.05) is 18.4 Å². The first-order chi connectivity index (χ1) is 7.14. The first-order valence-corrected chi connectivity index (χ1v) is 5.43. The van der Waals surface area contributed by atoms with Gasteiger partial charge in [-0.15, -0.1) is 13.0 Å². The quantitative estimate of drug-likeness (QED) is 0.403. The van der Waals surface area contributed by atoms with Crippen molar-refractivity contribution in [3.05, 3.63) is 12.7 Å². The fraction of sp³-hybridized carbons (Fsp3) is 0.615. The van der Waals surface area contributed by atoms with Crippen molar-refractivity contribution in [3.8, 4) is 12.3 Å². The molecular weight excluding hydrogens is 188 g/mol. The highest BCUT2D eigenvalue weighted by Gasteiger charge is 2.41. The Morgan fingerprint density at radius 2 is 2.47 bits per heavy atom. The van der Waals surface area contributed by atoms with Gasteiger partial charge in [-0.25, -0.2) is 0 Å². The smallest absolute Gasteiger partial charge is 0.304 e. The van der Waals surface area contributed by atoms with Crippen molar-refractivity contribution in [1.29, 1.82) is 0 Å². The molecule has 1 fully saturated rings. The van der Waals surface area contributed by atoms with E-state index < -0.39 is 5.60 Å². The van der Waals surface area contributed by atoms with Crippen molar-refractivity contribution in [1.82, 2.24) is 0 Å². The lowest BCUT2D eigenvalue weighted by atomic mass is 9.74. The van der Waals surface area contributed by atoms with Gasteiger partial charge in [-0.2, -0.15) is 0 Å². The maximum absolute atomic E-state index is 11.1. The molecule has 0 amide bonds. The van der Waals surface area contributed by atoms with Gasteiger partial charge in [0.25, 0.3) is 0 Å². The van der Waals surface area contributed by atoms with Gasteiger partial charge in [-0.3, -0.25) is 4.79 Å². The lowest BCUT2D eigenvalue weighted by molar-refractivity contribution is -0.158. The second-order valence-electron chi connectivity index (χ2n) is 4.09. The second-order valence-corrected chi connectivity index (χ2v) is 4.09. The van der Waals surface area contributed by atoms with Crippen LogP contribution in [-0.4, -0.2) is 11.6 Å². The number of hydrogen-bond donors (Lipinski definition) is 0. The van der Waals surface area contributed by atoms with Crippen LogP contribution in [0.1, 0.15) is 39.0 Å². The zero-order valence-corrected chi connectivity index (χ0v) is 9.29. The lowest BCUT2D eigenvalue weighted by Gasteiger charge is -2.39. The van der Waals surface area contributed by atoms with Crippen LogP contribution < -0.4 is 0 Å². The molecular formula is C13H18O2. The van der Waals surface area contributed by atoms with Crippen LogP contribution in [0.15, 0.2) is 12.7 Å². The Morgan fingerprint density at radius 1 is 1.73 bits per heavy atom. The van der Waals surface area contributed by atoms with E-state index >= 15 is 0 Å². The summed E-state index contributed by atoms with van der Waals surface area (Å²) in [6, 6.07) is 0. The predicted octanol–water partition coefficient (Wildman–Crippen LogP) is 2.69. The van der Waals surface area contributed by atoms with Crippen LogP contribution in [0.3, 0.4) is 0 Å². The molecule has 0 aliphatic heterocycles. The third kappa shape index (κ3) is 2.62. The van der Waals surface area contributed by atoms with Crippen LogP contribution in [0.5, 0.6) is 0 Å². The molecule has 0 aromatic carbocycles. The molecule has 0 saturated heterocycles. The molecule has 15 heavy (non-hydrogen) atoms. The Labute approximate surface area is 91.7 Å². The largest absolute Gasteiger partial charge is 0.446 e. The molecule has 0 unspecified atom stereocenters. The molecule has 1 rings (SSSR count). The zero-order chi connectivity index (χ0) is 11.3. The highest BCUT2D eigenvalue weighted by Crippen LogP contribution is 2.38. The van der Waals surface area contributed by atoms with Crippen molar-refractivity contribution in [2.45, 2.75) is 44.6 Å². The first-order valence-electron chi connectivity index (χ1n) is 5.43. The summed E-state index contributed by atoms with van der Waals surface area (Å²) in [5, 5.41) is 0. The van der Waals surface area contributed by atoms with Crippen molar-refractivity contribution in [3.63, 3.8) is 0 Å². The summed E-state index contributed by atoms with van der Waals surface area (Å²) in [5.41, 5.74) is -0.682. The minimum absolute atomic E-state index is 0.234. The van der Waals surface area contributed by atoms with E-state index in [2.05, 4.69) is 12.5 Å². The summed E-state index contributed by atoms with van der Waals surface area (Å²) in [6.45, 7) is 5.14. The summed E-state index contributed by atoms with van der Waals surface area (Å²) < 4.78 is 5.37. The van der Waals surface area contributed by atoms with Gasteiger partial charge < -0.3 is 4.74 Å². The van der Waals surface area contributed by atoms with E-state index in [9.17, 15) is 4.79 Å². The monoisotopic (exact) mass is 206 g/mol. The van der Waals surface area contributed by atoms with Crippen LogP contribution in [0.25, 0.3) is 0 Å². The standard InChI is InChI=1S/C13H18O2/c1-4-8-12-9-6-7-10-13(12,5-2)15-11(3)14/h2,4,12H,1,6-10H2,3H3/t12-,13+/m1/s1. The predicted molar refractivity (Wildman–Crippen MR) is 60.1 cm³/mol. The molecule has 0 bridgehead atoms. The normalized spacial score (nSPS) is 30.3. The highest BCUT2D eigenvalue weighted by atomic mass is 16.6. The summed E-state index contributed by atoms with van der Waals surface area (Å²) >= 11 is 0. The number of terminal acetylenes is 1. The molecule has 0 radical (unpaired) electrons. The van der Waals surface area contributed by atoms with Crippen LogP contribution in [0.4, 0.5) is 0 Å². The van der Waals surface area contributed by atoms with E-state index in [0.29, 0.717) is 0 Å². The van der Waals surface area contributed by atoms with Crippen LogP contribution in [-0.2, 0) is 9.53 Å². The third-order valence-electron chi connectivity index (χ3n) is 3.03. The average Bonchev–Trinajstić information content (AvgIpc) is 2.20. The van der Waals surface area contributed by atoms with Gasteiger partial charge in [0.1, 0.15) is 0 Å². The molecule has 2 atom stereocenters. The lowest BCUT2D eigenvalue weighted by Crippen LogP contribution is -2.43. The summed E-state index contributed by atoms with van der Waals surface area (Å²) in [6.07, 6.45) is 12.2. The molecule has 0 aromatic heterocycles. The number of esters is 1. The van der Waals surface area contributed by atoms with E-state index in [1.807, 2.05) is 6.08 Å². The molecule has 0 aromatic rings. The topological polar surface area (TPSA) is 26.3 Å². The van der Waals surface area contributed by atoms with Gasteiger partial charge in [0.05, 0.1) is 0 Å². The van der Waals surface area contributed by atoms with E-state index in [0.717, 1.165) is 32.1 Å². The summed E-state index contributed by atoms with van der Waals surface area (Å²) in [5.74, 6) is 2.64. The average molecular weight is 206 g/mol. The number of hydrogen-bond acceptors (Lipinski definition) is 2. The van der Waals surface area contributed by atoms with Crippen molar-refractivity contribution in [2.75, 3.05) is 0 Å². The molecule has 0 heterocycles. The molecule has 1 saturated carbocycles. The number of carbonyl (C=O) groups excluding carboxylic acids is 1. The van der Waals surface area contributed by atoms with Crippen LogP contribution in [0.2, 0.25) is 0 Å². The number of rotatable bonds is 3. The molecule has 1 aliphatic rings. The Balaban J connectivity index is 2.85. The summed E-state index contributed by atoms with van der Waals surface area (Å²) in [7, 11) is 0. The Morgan fingerprint density at radius 3 is 3.00 bits per heavy atom. The van der Waals surface area contributed by atoms with Crippen molar-refractivity contribution in [2.24, 2.45) is 5.92 Å². The second kappa shape index (κ2) is 5.02. The minimum atomic E-state index is -0.682. The van der Waals surface area contributed by atoms with E-state index in [4.69, 9.17) is 11.2 Å². The minimum Gasteiger partial charge on any atom is -0.446 e. The van der Waals surface area contributed by atoms with Gasteiger partial charge in [-0.05, 0) is 25.7 Å². The highest BCUT2D eigenvalue weighted by molar-refractivity contribution is 5.67. The molecule has 0 spiro atoms. The van der Waals surface area contributed by atoms with Crippen molar-refractivity contribution >= 4 is 5.97 Å². The van der Waals surface area contributed by atoms with E-state index in [1.165, 1.54) is 6.92 Å². The Bertz CT molecular complexity index is 287. The fourth-order valence-corrected chi connectivity index (χ4v) is 2.34. The number of allylic oxidation sites excluding steroid dienone is 1. The van der Waals surface area contributed by atoms with E-state index in [1.54, 1.807) is 0 Å². The SMILES string of the molecule is C#C[C@]1(OC(C)=O)CCCC[C@H]1CC=C. The van der Waals surface area contributed by atoms with Crippen molar-refractivity contribution < 1.29 is 9.53 Å². The van der Waals surface area contributed by atoms with Gasteiger partial charge in [0.2, 0.25) is 0 Å².